The van der Waals surface area contributed by atoms with Crippen molar-refractivity contribution in [2.24, 2.45) is 5.73 Å². The van der Waals surface area contributed by atoms with Gasteiger partial charge in [0.25, 0.3) is 0 Å². The first kappa shape index (κ1) is 17.1. The first-order valence-corrected chi connectivity index (χ1v) is 7.75. The van der Waals surface area contributed by atoms with Crippen molar-refractivity contribution >= 4 is 21.8 Å². The highest BCUT2D eigenvalue weighted by Gasteiger charge is 2.26. The minimum Gasteiger partial charge on any atom is -0.358 e. The number of halogens is 1. The maximum atomic E-state index is 11.7. The van der Waals surface area contributed by atoms with Crippen LogP contribution in [-0.4, -0.2) is 37.0 Å². The van der Waals surface area contributed by atoms with Crippen molar-refractivity contribution in [3.8, 4) is 0 Å². The van der Waals surface area contributed by atoms with Gasteiger partial charge in [-0.25, -0.2) is 0 Å². The Balaban J connectivity index is 3.08. The second-order valence-electron chi connectivity index (χ2n) is 4.97. The zero-order valence-corrected chi connectivity index (χ0v) is 14.0. The molecule has 0 spiro atoms. The van der Waals surface area contributed by atoms with Crippen LogP contribution < -0.4 is 11.1 Å². The third-order valence-electron chi connectivity index (χ3n) is 3.25. The van der Waals surface area contributed by atoms with E-state index in [1.807, 2.05) is 25.1 Å². The van der Waals surface area contributed by atoms with Crippen molar-refractivity contribution < 1.29 is 4.79 Å². The fraction of sp³-hybridized carbons (Fsp3) is 0.533. The number of hydrogen-bond acceptors (Lipinski definition) is 3. The maximum absolute atomic E-state index is 11.7. The van der Waals surface area contributed by atoms with Gasteiger partial charge in [-0.05, 0) is 31.5 Å². The minimum atomic E-state index is -0.0649. The molecular formula is C15H24BrN3O. The normalized spacial score (nSPS) is 14.1. The van der Waals surface area contributed by atoms with Gasteiger partial charge in [0.2, 0.25) is 5.91 Å². The summed E-state index contributed by atoms with van der Waals surface area (Å²) in [6.45, 7) is 5.28. The van der Waals surface area contributed by atoms with E-state index < -0.39 is 0 Å². The summed E-state index contributed by atoms with van der Waals surface area (Å²) < 4.78 is 1.03. The lowest BCUT2D eigenvalue weighted by molar-refractivity contribution is -0.122. The van der Waals surface area contributed by atoms with Crippen LogP contribution in [-0.2, 0) is 4.79 Å². The summed E-state index contributed by atoms with van der Waals surface area (Å²) >= 11 is 3.59. The molecule has 0 heterocycles. The number of rotatable bonds is 7. The number of nitrogens with two attached hydrogens (primary N) is 1. The molecule has 0 fully saturated rings. The minimum absolute atomic E-state index is 0.0103. The van der Waals surface area contributed by atoms with E-state index in [2.05, 4.69) is 39.1 Å². The van der Waals surface area contributed by atoms with Crippen LogP contribution in [0.25, 0.3) is 0 Å². The van der Waals surface area contributed by atoms with Crippen LogP contribution in [0.2, 0.25) is 0 Å². The molecule has 5 heteroatoms. The summed E-state index contributed by atoms with van der Waals surface area (Å²) in [5.74, 6) is 0.0103. The van der Waals surface area contributed by atoms with Crippen LogP contribution in [0.15, 0.2) is 28.7 Å². The Morgan fingerprint density at radius 2 is 2.10 bits per heavy atom. The summed E-state index contributed by atoms with van der Waals surface area (Å²) in [5.41, 5.74) is 7.32. The molecule has 0 aliphatic carbocycles. The molecule has 0 radical (unpaired) electrons. The molecule has 112 valence electrons. The maximum Gasteiger partial charge on any atom is 0.233 e. The second-order valence-corrected chi connectivity index (χ2v) is 5.82. The standard InChI is InChI=1S/C15H24BrN3O/c1-4-9-19(10-14(20)18-3)15(11(2)17)12-7-5-6-8-13(12)16/h5-8,11,15H,4,9-10,17H2,1-3H3,(H,18,20). The molecule has 1 rings (SSSR count). The fourth-order valence-electron chi connectivity index (χ4n) is 2.39. The highest BCUT2D eigenvalue weighted by atomic mass is 79.9. The molecule has 2 unspecified atom stereocenters. The summed E-state index contributed by atoms with van der Waals surface area (Å²) in [5, 5.41) is 2.68. The second kappa shape index (κ2) is 8.39. The molecule has 0 bridgehead atoms. The molecule has 20 heavy (non-hydrogen) atoms. The molecule has 1 aromatic rings. The first-order chi connectivity index (χ1) is 9.51. The van der Waals surface area contributed by atoms with Gasteiger partial charge in [0.15, 0.2) is 0 Å². The Kier molecular flexibility index (Phi) is 7.19. The van der Waals surface area contributed by atoms with Gasteiger partial charge >= 0.3 is 0 Å². The number of carbonyl (C=O) groups excluding carboxylic acids is 1. The SMILES string of the molecule is CCCN(CC(=O)NC)C(c1ccccc1Br)C(C)N. The molecule has 0 aromatic heterocycles. The van der Waals surface area contributed by atoms with E-state index >= 15 is 0 Å². The van der Waals surface area contributed by atoms with Gasteiger partial charge in [-0.3, -0.25) is 9.69 Å². The van der Waals surface area contributed by atoms with Gasteiger partial charge in [0.1, 0.15) is 0 Å². The van der Waals surface area contributed by atoms with E-state index in [9.17, 15) is 4.79 Å². The van der Waals surface area contributed by atoms with Crippen LogP contribution in [0.1, 0.15) is 31.9 Å². The molecule has 0 aliphatic heterocycles. The van der Waals surface area contributed by atoms with E-state index in [0.29, 0.717) is 6.54 Å². The molecule has 1 aromatic carbocycles. The highest BCUT2D eigenvalue weighted by molar-refractivity contribution is 9.10. The van der Waals surface area contributed by atoms with Crippen LogP contribution >= 0.6 is 15.9 Å². The van der Waals surface area contributed by atoms with Crippen molar-refractivity contribution in [2.45, 2.75) is 32.4 Å². The number of hydrogen-bond donors (Lipinski definition) is 2. The molecule has 2 atom stereocenters. The van der Waals surface area contributed by atoms with Gasteiger partial charge in [-0.2, -0.15) is 0 Å². The number of benzene rings is 1. The number of nitrogens with one attached hydrogen (secondary N) is 1. The molecule has 0 saturated heterocycles. The average Bonchev–Trinajstić information content (AvgIpc) is 2.41. The van der Waals surface area contributed by atoms with Crippen molar-refractivity contribution in [3.05, 3.63) is 34.3 Å². The van der Waals surface area contributed by atoms with Gasteiger partial charge in [-0.1, -0.05) is 41.1 Å². The fourth-order valence-corrected chi connectivity index (χ4v) is 2.91. The summed E-state index contributed by atoms with van der Waals surface area (Å²) in [4.78, 5) is 13.9. The average molecular weight is 342 g/mol. The molecule has 4 nitrogen and oxygen atoms in total. The van der Waals surface area contributed by atoms with Crippen molar-refractivity contribution in [3.63, 3.8) is 0 Å². The zero-order chi connectivity index (χ0) is 15.1. The summed E-state index contributed by atoms with van der Waals surface area (Å²) in [7, 11) is 1.66. The largest absolute Gasteiger partial charge is 0.358 e. The lowest BCUT2D eigenvalue weighted by Gasteiger charge is -2.34. The summed E-state index contributed by atoms with van der Waals surface area (Å²) in [6, 6.07) is 8.00. The highest BCUT2D eigenvalue weighted by Crippen LogP contribution is 2.29. The predicted octanol–water partition coefficient (Wildman–Crippen LogP) is 2.30. The quantitative estimate of drug-likeness (QED) is 0.799. The topological polar surface area (TPSA) is 58.4 Å². The molecular weight excluding hydrogens is 318 g/mol. The van der Waals surface area contributed by atoms with E-state index in [0.717, 1.165) is 23.0 Å². The van der Waals surface area contributed by atoms with E-state index in [1.165, 1.54) is 0 Å². The first-order valence-electron chi connectivity index (χ1n) is 6.95. The molecule has 1 amide bonds. The Labute approximate surface area is 129 Å². The van der Waals surface area contributed by atoms with Crippen LogP contribution in [0.3, 0.4) is 0 Å². The predicted molar refractivity (Wildman–Crippen MR) is 86.5 cm³/mol. The van der Waals surface area contributed by atoms with Crippen LogP contribution in [0, 0.1) is 0 Å². The Morgan fingerprint density at radius 3 is 2.60 bits per heavy atom. The molecule has 0 aliphatic rings. The van der Waals surface area contributed by atoms with Gasteiger partial charge in [0, 0.05) is 17.6 Å². The van der Waals surface area contributed by atoms with E-state index in [4.69, 9.17) is 5.73 Å². The van der Waals surface area contributed by atoms with Crippen LogP contribution in [0.4, 0.5) is 0 Å². The Morgan fingerprint density at radius 1 is 1.45 bits per heavy atom. The van der Waals surface area contributed by atoms with Crippen molar-refractivity contribution in [2.75, 3.05) is 20.1 Å². The monoisotopic (exact) mass is 341 g/mol. The number of carbonyl (C=O) groups is 1. The third kappa shape index (κ3) is 4.58. The van der Waals surface area contributed by atoms with Gasteiger partial charge in [-0.15, -0.1) is 0 Å². The van der Waals surface area contributed by atoms with E-state index in [1.54, 1.807) is 7.05 Å². The Bertz CT molecular complexity index is 437. The molecule has 0 saturated carbocycles. The smallest absolute Gasteiger partial charge is 0.233 e. The number of nitrogens with zero attached hydrogens (tertiary/aromatic N) is 1. The third-order valence-corrected chi connectivity index (χ3v) is 3.97. The zero-order valence-electron chi connectivity index (χ0n) is 12.4. The Hall–Kier alpha value is -0.910. The van der Waals surface area contributed by atoms with Crippen molar-refractivity contribution in [1.82, 2.24) is 10.2 Å². The lowest BCUT2D eigenvalue weighted by atomic mass is 9.99. The van der Waals surface area contributed by atoms with Gasteiger partial charge in [0.05, 0.1) is 12.6 Å². The van der Waals surface area contributed by atoms with Crippen LogP contribution in [0.5, 0.6) is 0 Å². The molecule has 3 N–H and O–H groups in total. The van der Waals surface area contributed by atoms with Crippen molar-refractivity contribution in [1.29, 1.82) is 0 Å². The number of amides is 1. The lowest BCUT2D eigenvalue weighted by Crippen LogP contribution is -2.44. The van der Waals surface area contributed by atoms with Gasteiger partial charge < -0.3 is 11.1 Å². The number of likely N-dealkylation sites (N-methyl/N-ethyl adjacent to an activating group) is 1. The summed E-state index contributed by atoms with van der Waals surface area (Å²) in [6.07, 6.45) is 0.977. The van der Waals surface area contributed by atoms with E-state index in [-0.39, 0.29) is 18.0 Å².